The van der Waals surface area contributed by atoms with Crippen molar-refractivity contribution < 1.29 is 9.18 Å². The third-order valence-corrected chi connectivity index (χ3v) is 5.09. The van der Waals surface area contributed by atoms with E-state index in [1.54, 1.807) is 13.1 Å². The van der Waals surface area contributed by atoms with Gasteiger partial charge in [-0.15, -0.1) is 0 Å². The van der Waals surface area contributed by atoms with Gasteiger partial charge in [0.05, 0.1) is 27.5 Å². The molecule has 0 atom stereocenters. The summed E-state index contributed by atoms with van der Waals surface area (Å²) in [6.45, 7) is 0. The highest BCUT2D eigenvalue weighted by molar-refractivity contribution is 6.36. The van der Waals surface area contributed by atoms with Crippen molar-refractivity contribution in [2.45, 2.75) is 0 Å². The summed E-state index contributed by atoms with van der Waals surface area (Å²) in [5.41, 5.74) is -0.690. The number of halogens is 3. The first kappa shape index (κ1) is 19.9. The summed E-state index contributed by atoms with van der Waals surface area (Å²) in [5.74, 6) is -1.08. The first-order chi connectivity index (χ1) is 14.3. The molecule has 0 aliphatic carbocycles. The Balaban J connectivity index is 1.85. The Morgan fingerprint density at radius 2 is 1.80 bits per heavy atom. The molecule has 0 radical (unpaired) electrons. The number of hydrogen-bond acceptors (Lipinski definition) is 3. The van der Waals surface area contributed by atoms with Gasteiger partial charge in [0.25, 0.3) is 11.5 Å². The van der Waals surface area contributed by atoms with Crippen LogP contribution < -0.4 is 16.6 Å². The number of aryl methyl sites for hydroxylation is 1. The van der Waals surface area contributed by atoms with Crippen LogP contribution >= 0.6 is 23.2 Å². The Morgan fingerprint density at radius 3 is 2.50 bits per heavy atom. The molecule has 2 N–H and O–H groups in total. The van der Waals surface area contributed by atoms with Crippen LogP contribution in [-0.2, 0) is 7.05 Å². The van der Waals surface area contributed by atoms with Gasteiger partial charge in [-0.3, -0.25) is 9.59 Å². The van der Waals surface area contributed by atoms with E-state index in [1.165, 1.54) is 35.0 Å². The fourth-order valence-electron chi connectivity index (χ4n) is 3.15. The van der Waals surface area contributed by atoms with Crippen molar-refractivity contribution in [3.63, 3.8) is 0 Å². The van der Waals surface area contributed by atoms with E-state index in [4.69, 9.17) is 23.2 Å². The van der Waals surface area contributed by atoms with Gasteiger partial charge in [-0.1, -0.05) is 23.2 Å². The Hall–Kier alpha value is -3.36. The molecule has 0 aliphatic heterocycles. The number of carbonyl (C=O) groups excluding carboxylic acids is 1. The molecule has 1 amide bonds. The van der Waals surface area contributed by atoms with Gasteiger partial charge >= 0.3 is 5.69 Å². The quantitative estimate of drug-likeness (QED) is 0.502. The molecule has 0 saturated carbocycles. The second kappa shape index (κ2) is 7.47. The number of carbonyl (C=O) groups is 1. The first-order valence-corrected chi connectivity index (χ1v) is 9.38. The number of hydrogen-bond donors (Lipinski definition) is 2. The Kier molecular flexibility index (Phi) is 4.97. The number of nitrogens with one attached hydrogen (secondary N) is 2. The van der Waals surface area contributed by atoms with E-state index in [0.29, 0.717) is 5.02 Å². The van der Waals surface area contributed by atoms with Gasteiger partial charge in [-0.05, 0) is 42.5 Å². The number of amides is 1. The zero-order valence-electron chi connectivity index (χ0n) is 15.4. The molecule has 2 aromatic carbocycles. The van der Waals surface area contributed by atoms with Crippen LogP contribution in [0.5, 0.6) is 0 Å². The summed E-state index contributed by atoms with van der Waals surface area (Å²) in [6, 6.07) is 9.51. The molecule has 4 aromatic rings. The minimum Gasteiger partial charge on any atom is -0.344 e. The van der Waals surface area contributed by atoms with Crippen molar-refractivity contribution in [1.82, 2.24) is 14.1 Å². The molecule has 0 spiro atoms. The molecule has 0 fully saturated rings. The third kappa shape index (κ3) is 3.40. The fourth-order valence-corrected chi connectivity index (χ4v) is 3.49. The lowest BCUT2D eigenvalue weighted by molar-refractivity contribution is 0.102. The van der Waals surface area contributed by atoms with Crippen molar-refractivity contribution >= 4 is 45.8 Å². The first-order valence-electron chi connectivity index (χ1n) is 8.63. The smallest absolute Gasteiger partial charge is 0.333 e. The maximum absolute atomic E-state index is 13.2. The van der Waals surface area contributed by atoms with Gasteiger partial charge in [0.15, 0.2) is 0 Å². The Bertz CT molecular complexity index is 1420. The maximum Gasteiger partial charge on any atom is 0.333 e. The van der Waals surface area contributed by atoms with E-state index in [0.717, 1.165) is 16.7 Å². The van der Waals surface area contributed by atoms with E-state index in [1.807, 2.05) is 0 Å². The molecular weight excluding hydrogens is 434 g/mol. The Labute approximate surface area is 178 Å². The molecule has 152 valence electrons. The largest absolute Gasteiger partial charge is 0.344 e. The number of nitrogens with zero attached hydrogens (tertiary/aromatic N) is 2. The minimum absolute atomic E-state index is 0.0708. The van der Waals surface area contributed by atoms with Gasteiger partial charge in [-0.2, -0.15) is 0 Å². The average Bonchev–Trinajstić information content (AvgIpc) is 3.02. The molecule has 4 rings (SSSR count). The lowest BCUT2D eigenvalue weighted by Crippen LogP contribution is -2.34. The second-order valence-corrected chi connectivity index (χ2v) is 7.35. The summed E-state index contributed by atoms with van der Waals surface area (Å²) < 4.78 is 15.5. The minimum atomic E-state index is -0.764. The van der Waals surface area contributed by atoms with Crippen LogP contribution in [0.15, 0.2) is 58.3 Å². The normalized spacial score (nSPS) is 11.1. The zero-order valence-corrected chi connectivity index (χ0v) is 16.9. The van der Waals surface area contributed by atoms with Gasteiger partial charge < -0.3 is 14.9 Å². The number of fused-ring (bicyclic) bond motifs is 1. The predicted molar refractivity (Wildman–Crippen MR) is 114 cm³/mol. The molecule has 2 heterocycles. The summed E-state index contributed by atoms with van der Waals surface area (Å²) in [7, 11) is 1.57. The molecule has 10 heteroatoms. The fraction of sp³-hybridized carbons (Fsp3) is 0.0500. The summed E-state index contributed by atoms with van der Waals surface area (Å²) >= 11 is 12.0. The highest BCUT2D eigenvalue weighted by atomic mass is 35.5. The monoisotopic (exact) mass is 446 g/mol. The second-order valence-electron chi connectivity index (χ2n) is 6.50. The molecule has 0 saturated heterocycles. The highest BCUT2D eigenvalue weighted by Crippen LogP contribution is 2.26. The van der Waals surface area contributed by atoms with Gasteiger partial charge in [0, 0.05) is 18.3 Å². The van der Waals surface area contributed by atoms with Crippen LogP contribution in [0, 0.1) is 5.82 Å². The lowest BCUT2D eigenvalue weighted by Gasteiger charge is -2.08. The van der Waals surface area contributed by atoms with Crippen LogP contribution in [0.25, 0.3) is 16.7 Å². The van der Waals surface area contributed by atoms with Crippen molar-refractivity contribution in [1.29, 1.82) is 0 Å². The number of benzene rings is 2. The Morgan fingerprint density at radius 1 is 1.10 bits per heavy atom. The van der Waals surface area contributed by atoms with Gasteiger partial charge in [0.2, 0.25) is 0 Å². The van der Waals surface area contributed by atoms with E-state index >= 15 is 0 Å². The van der Waals surface area contributed by atoms with E-state index in [9.17, 15) is 18.8 Å². The van der Waals surface area contributed by atoms with Crippen LogP contribution in [0.3, 0.4) is 0 Å². The number of aromatic nitrogens is 3. The number of aromatic amines is 1. The average molecular weight is 447 g/mol. The maximum atomic E-state index is 13.2. The molecule has 0 bridgehead atoms. The zero-order chi connectivity index (χ0) is 21.6. The van der Waals surface area contributed by atoms with Gasteiger partial charge in [0.1, 0.15) is 11.3 Å². The van der Waals surface area contributed by atoms with Gasteiger partial charge in [-0.25, -0.2) is 13.8 Å². The summed E-state index contributed by atoms with van der Waals surface area (Å²) in [4.78, 5) is 41.0. The van der Waals surface area contributed by atoms with Crippen LogP contribution in [0.4, 0.5) is 10.1 Å². The molecule has 2 aromatic heterocycles. The van der Waals surface area contributed by atoms with Crippen molar-refractivity contribution in [2.24, 2.45) is 7.05 Å². The standard InChI is InChI=1S/C20H13Cl2FN4O3/c1-26-9-13(18(28)24-15-8-10(21)2-7-14(15)22)16-17(26)19(29)27(20(30)25-16)12-5-3-11(23)4-6-12/h2-9H,1H3,(H,24,28)(H,25,30). The van der Waals surface area contributed by atoms with E-state index in [-0.39, 0.29) is 33.0 Å². The molecular formula is C20H13Cl2FN4O3. The lowest BCUT2D eigenvalue weighted by atomic mass is 10.2. The highest BCUT2D eigenvalue weighted by Gasteiger charge is 2.21. The summed E-state index contributed by atoms with van der Waals surface area (Å²) in [6.07, 6.45) is 1.42. The number of H-pyrrole nitrogens is 1. The van der Waals surface area contributed by atoms with Crippen LogP contribution in [0.1, 0.15) is 10.4 Å². The SMILES string of the molecule is Cn1cc(C(=O)Nc2cc(Cl)ccc2Cl)c2[nH]c(=O)n(-c3ccc(F)cc3)c(=O)c21. The molecule has 0 aliphatic rings. The van der Waals surface area contributed by atoms with Crippen molar-refractivity contribution in [2.75, 3.05) is 5.32 Å². The molecule has 7 nitrogen and oxygen atoms in total. The predicted octanol–water partition coefficient (Wildman–Crippen LogP) is 3.72. The summed E-state index contributed by atoms with van der Waals surface area (Å²) in [5, 5.41) is 3.28. The third-order valence-electron chi connectivity index (χ3n) is 4.53. The topological polar surface area (TPSA) is 88.9 Å². The van der Waals surface area contributed by atoms with E-state index in [2.05, 4.69) is 10.3 Å². The number of rotatable bonds is 3. The molecule has 30 heavy (non-hydrogen) atoms. The molecule has 0 unspecified atom stereocenters. The number of anilines is 1. The van der Waals surface area contributed by atoms with Crippen LogP contribution in [0.2, 0.25) is 10.0 Å². The van der Waals surface area contributed by atoms with Crippen LogP contribution in [-0.4, -0.2) is 20.0 Å². The van der Waals surface area contributed by atoms with E-state index < -0.39 is 23.0 Å². The van der Waals surface area contributed by atoms with Crippen molar-refractivity contribution in [3.8, 4) is 5.69 Å². The van der Waals surface area contributed by atoms with Crippen molar-refractivity contribution in [3.05, 3.63) is 90.9 Å².